The van der Waals surface area contributed by atoms with Gasteiger partial charge in [-0.2, -0.15) is 0 Å². The Labute approximate surface area is 128 Å². The van der Waals surface area contributed by atoms with Gasteiger partial charge in [0.05, 0.1) is 0 Å². The van der Waals surface area contributed by atoms with Gasteiger partial charge in [-0.15, -0.1) is 0 Å². The lowest BCUT2D eigenvalue weighted by Gasteiger charge is -2.13. The molecule has 3 heteroatoms. The van der Waals surface area contributed by atoms with Crippen LogP contribution < -0.4 is 10.1 Å². The highest BCUT2D eigenvalue weighted by atomic mass is 79.9. The quantitative estimate of drug-likeness (QED) is 0.757. The number of hydrogen-bond donors (Lipinski definition) is 1. The van der Waals surface area contributed by atoms with Crippen LogP contribution in [0.4, 0.5) is 5.69 Å². The van der Waals surface area contributed by atoms with Crippen molar-refractivity contribution in [2.24, 2.45) is 0 Å². The molecule has 104 valence electrons. The minimum atomic E-state index is 0.513. The highest BCUT2D eigenvalue weighted by molar-refractivity contribution is 9.10. The van der Waals surface area contributed by atoms with Crippen molar-refractivity contribution in [1.29, 1.82) is 0 Å². The Morgan fingerprint density at radius 3 is 2.80 bits per heavy atom. The third-order valence-corrected chi connectivity index (χ3v) is 3.49. The van der Waals surface area contributed by atoms with Gasteiger partial charge in [0.25, 0.3) is 0 Å². The van der Waals surface area contributed by atoms with E-state index in [1.807, 2.05) is 24.3 Å². The van der Waals surface area contributed by atoms with Crippen molar-refractivity contribution in [3.8, 4) is 5.75 Å². The second-order valence-electron chi connectivity index (χ2n) is 4.52. The van der Waals surface area contributed by atoms with Crippen LogP contribution in [-0.2, 0) is 6.54 Å². The molecule has 2 rings (SSSR count). The number of hydrogen-bond acceptors (Lipinski definition) is 2. The molecule has 0 aliphatic carbocycles. The smallest absolute Gasteiger partial charge is 0.124 e. The van der Waals surface area contributed by atoms with E-state index in [2.05, 4.69) is 52.9 Å². The molecule has 0 heterocycles. The SMILES string of the molecule is C=CCOc1ccc(Br)cc1CNc1ccccc1C. The molecule has 0 unspecified atom stereocenters. The molecule has 0 saturated carbocycles. The first kappa shape index (κ1) is 14.7. The maximum absolute atomic E-state index is 5.68. The van der Waals surface area contributed by atoms with Crippen molar-refractivity contribution in [2.75, 3.05) is 11.9 Å². The summed E-state index contributed by atoms with van der Waals surface area (Å²) in [5, 5.41) is 3.45. The number of anilines is 1. The van der Waals surface area contributed by atoms with E-state index in [4.69, 9.17) is 4.74 Å². The lowest BCUT2D eigenvalue weighted by molar-refractivity contribution is 0.359. The Bertz CT molecular complexity index is 595. The minimum absolute atomic E-state index is 0.513. The molecule has 0 fully saturated rings. The number of nitrogens with one attached hydrogen (secondary N) is 1. The summed E-state index contributed by atoms with van der Waals surface area (Å²) < 4.78 is 6.73. The molecular weight excluding hydrogens is 314 g/mol. The van der Waals surface area contributed by atoms with Crippen LogP contribution in [0.1, 0.15) is 11.1 Å². The van der Waals surface area contributed by atoms with Gasteiger partial charge in [-0.3, -0.25) is 0 Å². The van der Waals surface area contributed by atoms with Crippen molar-refractivity contribution >= 4 is 21.6 Å². The zero-order valence-corrected chi connectivity index (χ0v) is 13.1. The molecule has 0 spiro atoms. The molecule has 20 heavy (non-hydrogen) atoms. The fourth-order valence-electron chi connectivity index (χ4n) is 1.94. The predicted octanol–water partition coefficient (Wildman–Crippen LogP) is 4.93. The largest absolute Gasteiger partial charge is 0.489 e. The van der Waals surface area contributed by atoms with Crippen LogP contribution in [-0.4, -0.2) is 6.61 Å². The first-order valence-corrected chi connectivity index (χ1v) is 7.31. The van der Waals surface area contributed by atoms with Gasteiger partial charge < -0.3 is 10.1 Å². The van der Waals surface area contributed by atoms with Crippen molar-refractivity contribution in [1.82, 2.24) is 0 Å². The van der Waals surface area contributed by atoms with Crippen LogP contribution in [0.25, 0.3) is 0 Å². The van der Waals surface area contributed by atoms with Crippen LogP contribution in [0.3, 0.4) is 0 Å². The van der Waals surface area contributed by atoms with Gasteiger partial charge in [-0.05, 0) is 36.8 Å². The molecule has 0 aliphatic rings. The Morgan fingerprint density at radius 2 is 2.05 bits per heavy atom. The Kier molecular flexibility index (Phi) is 5.24. The van der Waals surface area contributed by atoms with Crippen LogP contribution in [0.5, 0.6) is 5.75 Å². The zero-order chi connectivity index (χ0) is 14.4. The third kappa shape index (κ3) is 3.87. The number of rotatable bonds is 6. The predicted molar refractivity (Wildman–Crippen MR) is 88.3 cm³/mol. The van der Waals surface area contributed by atoms with E-state index in [-0.39, 0.29) is 0 Å². The van der Waals surface area contributed by atoms with Crippen molar-refractivity contribution < 1.29 is 4.74 Å². The molecule has 2 aromatic rings. The summed E-state index contributed by atoms with van der Waals surface area (Å²) in [7, 11) is 0. The van der Waals surface area contributed by atoms with E-state index in [1.54, 1.807) is 6.08 Å². The van der Waals surface area contributed by atoms with Gasteiger partial charge in [0.1, 0.15) is 12.4 Å². The molecule has 0 bridgehead atoms. The maximum Gasteiger partial charge on any atom is 0.124 e. The summed E-state index contributed by atoms with van der Waals surface area (Å²) in [5.41, 5.74) is 3.49. The summed E-state index contributed by atoms with van der Waals surface area (Å²) >= 11 is 3.50. The van der Waals surface area contributed by atoms with Crippen LogP contribution >= 0.6 is 15.9 Å². The van der Waals surface area contributed by atoms with E-state index in [1.165, 1.54) is 5.56 Å². The first-order chi connectivity index (χ1) is 9.70. The molecule has 2 aromatic carbocycles. The molecule has 1 N–H and O–H groups in total. The van der Waals surface area contributed by atoms with Crippen LogP contribution in [0, 0.1) is 6.92 Å². The number of ether oxygens (including phenoxy) is 1. The van der Waals surface area contributed by atoms with Gasteiger partial charge in [-0.1, -0.05) is 46.8 Å². The molecule has 0 aliphatic heterocycles. The van der Waals surface area contributed by atoms with Gasteiger partial charge in [0, 0.05) is 22.3 Å². The van der Waals surface area contributed by atoms with E-state index >= 15 is 0 Å². The number of aryl methyl sites for hydroxylation is 1. The fourth-order valence-corrected chi connectivity index (χ4v) is 2.35. The Balaban J connectivity index is 2.13. The maximum atomic E-state index is 5.68. The lowest BCUT2D eigenvalue weighted by atomic mass is 10.1. The van der Waals surface area contributed by atoms with Gasteiger partial charge in [-0.25, -0.2) is 0 Å². The van der Waals surface area contributed by atoms with Gasteiger partial charge >= 0.3 is 0 Å². The standard InChI is InChI=1S/C17H18BrNO/c1-3-10-20-17-9-8-15(18)11-14(17)12-19-16-7-5-4-6-13(16)2/h3-9,11,19H,1,10,12H2,2H3. The monoisotopic (exact) mass is 331 g/mol. The number of para-hydroxylation sites is 1. The molecule has 2 nitrogen and oxygen atoms in total. The van der Waals surface area contributed by atoms with Crippen molar-refractivity contribution in [3.63, 3.8) is 0 Å². The second-order valence-corrected chi connectivity index (χ2v) is 5.44. The van der Waals surface area contributed by atoms with Crippen molar-refractivity contribution in [3.05, 3.63) is 70.7 Å². The molecule has 0 atom stereocenters. The zero-order valence-electron chi connectivity index (χ0n) is 11.5. The van der Waals surface area contributed by atoms with Crippen molar-refractivity contribution in [2.45, 2.75) is 13.5 Å². The van der Waals surface area contributed by atoms with Gasteiger partial charge in [0.15, 0.2) is 0 Å². The molecule has 0 amide bonds. The molecule has 0 aromatic heterocycles. The second kappa shape index (κ2) is 7.15. The minimum Gasteiger partial charge on any atom is -0.489 e. The normalized spacial score (nSPS) is 10.1. The Hall–Kier alpha value is -1.74. The van der Waals surface area contributed by atoms with Gasteiger partial charge in [0.2, 0.25) is 0 Å². The van der Waals surface area contributed by atoms with E-state index in [9.17, 15) is 0 Å². The van der Waals surface area contributed by atoms with Crippen LogP contribution in [0.15, 0.2) is 59.6 Å². The molecule has 0 radical (unpaired) electrons. The Morgan fingerprint density at radius 1 is 1.25 bits per heavy atom. The summed E-state index contributed by atoms with van der Waals surface area (Å²) in [6.45, 7) is 7.01. The first-order valence-electron chi connectivity index (χ1n) is 6.52. The number of halogens is 1. The average molecular weight is 332 g/mol. The van der Waals surface area contributed by atoms with Crippen LogP contribution in [0.2, 0.25) is 0 Å². The highest BCUT2D eigenvalue weighted by Crippen LogP contribution is 2.25. The fraction of sp³-hybridized carbons (Fsp3) is 0.176. The van der Waals surface area contributed by atoms with E-state index in [0.29, 0.717) is 6.61 Å². The number of benzene rings is 2. The van der Waals surface area contributed by atoms with E-state index < -0.39 is 0 Å². The molecule has 0 saturated heterocycles. The highest BCUT2D eigenvalue weighted by Gasteiger charge is 2.05. The average Bonchev–Trinajstić information content (AvgIpc) is 2.45. The topological polar surface area (TPSA) is 21.3 Å². The summed E-state index contributed by atoms with van der Waals surface area (Å²) in [5.74, 6) is 0.884. The lowest BCUT2D eigenvalue weighted by Crippen LogP contribution is -2.04. The summed E-state index contributed by atoms with van der Waals surface area (Å²) in [6.07, 6.45) is 1.75. The third-order valence-electron chi connectivity index (χ3n) is 2.99. The summed E-state index contributed by atoms with van der Waals surface area (Å²) in [4.78, 5) is 0. The summed E-state index contributed by atoms with van der Waals surface area (Å²) in [6, 6.07) is 14.3. The molecular formula is C17H18BrNO. The van der Waals surface area contributed by atoms with E-state index in [0.717, 1.165) is 28.0 Å².